The fraction of sp³-hybridized carbons (Fsp3) is 0.500. The van der Waals surface area contributed by atoms with E-state index >= 15 is 0 Å². The molecule has 0 saturated carbocycles. The van der Waals surface area contributed by atoms with Gasteiger partial charge in [0.15, 0.2) is 0 Å². The number of imidazole rings is 1. The molecule has 0 spiro atoms. The van der Waals surface area contributed by atoms with Crippen molar-refractivity contribution < 1.29 is 9.90 Å². The molecule has 1 aliphatic rings. The topological polar surface area (TPSA) is 70.7 Å². The van der Waals surface area contributed by atoms with Crippen LogP contribution in [0, 0.1) is 5.92 Å². The highest BCUT2D eigenvalue weighted by Crippen LogP contribution is 2.22. The Kier molecular flexibility index (Phi) is 3.64. The number of hydrogen-bond acceptors (Lipinski definition) is 4. The molecule has 2 aromatic heterocycles. The number of carbonyl (C=O) groups is 1. The molecule has 1 atom stereocenters. The van der Waals surface area contributed by atoms with Crippen LogP contribution < -0.4 is 0 Å². The summed E-state index contributed by atoms with van der Waals surface area (Å²) in [6.07, 6.45) is 7.82. The maximum atomic E-state index is 10.6. The Morgan fingerprint density at radius 1 is 1.50 bits per heavy atom. The molecule has 0 amide bonds. The number of nitrogens with zero attached hydrogens (tertiary/aromatic N) is 4. The zero-order valence-electron chi connectivity index (χ0n) is 11.3. The van der Waals surface area contributed by atoms with Gasteiger partial charge in [-0.25, -0.2) is 9.97 Å². The zero-order chi connectivity index (χ0) is 13.9. The first-order chi connectivity index (χ1) is 9.70. The Labute approximate surface area is 117 Å². The van der Waals surface area contributed by atoms with Crippen molar-refractivity contribution >= 4 is 11.7 Å². The van der Waals surface area contributed by atoms with Gasteiger partial charge in [-0.3, -0.25) is 14.1 Å². The van der Waals surface area contributed by atoms with Gasteiger partial charge in [0.1, 0.15) is 0 Å². The molecule has 1 fully saturated rings. The lowest BCUT2D eigenvalue weighted by Gasteiger charge is -2.13. The first kappa shape index (κ1) is 13.1. The van der Waals surface area contributed by atoms with Gasteiger partial charge in [0.2, 0.25) is 5.78 Å². The number of aliphatic carboxylic acids is 1. The van der Waals surface area contributed by atoms with Gasteiger partial charge in [0.25, 0.3) is 0 Å². The molecule has 1 N–H and O–H groups in total. The number of fused-ring (bicyclic) bond motifs is 1. The van der Waals surface area contributed by atoms with Crippen LogP contribution in [0.25, 0.3) is 5.78 Å². The first-order valence-corrected chi connectivity index (χ1v) is 6.93. The van der Waals surface area contributed by atoms with Gasteiger partial charge >= 0.3 is 5.97 Å². The fourth-order valence-corrected chi connectivity index (χ4v) is 2.80. The molecule has 0 radical (unpaired) electrons. The summed E-state index contributed by atoms with van der Waals surface area (Å²) in [5.41, 5.74) is 1.02. The lowest BCUT2D eigenvalue weighted by molar-refractivity contribution is -0.137. The average Bonchev–Trinajstić information content (AvgIpc) is 3.02. The highest BCUT2D eigenvalue weighted by atomic mass is 16.4. The minimum Gasteiger partial charge on any atom is -0.481 e. The molecule has 3 heterocycles. The summed E-state index contributed by atoms with van der Waals surface area (Å²) in [6, 6.07) is 1.89. The van der Waals surface area contributed by atoms with Crippen LogP contribution in [0.1, 0.15) is 25.0 Å². The molecular weight excluding hydrogens is 256 g/mol. The Bertz CT molecular complexity index is 577. The Morgan fingerprint density at radius 2 is 2.40 bits per heavy atom. The van der Waals surface area contributed by atoms with E-state index in [4.69, 9.17) is 5.11 Å². The molecule has 6 nitrogen and oxygen atoms in total. The van der Waals surface area contributed by atoms with E-state index in [2.05, 4.69) is 14.9 Å². The van der Waals surface area contributed by atoms with E-state index in [1.807, 2.05) is 22.9 Å². The van der Waals surface area contributed by atoms with E-state index in [-0.39, 0.29) is 6.42 Å². The van der Waals surface area contributed by atoms with Crippen molar-refractivity contribution in [3.8, 4) is 0 Å². The van der Waals surface area contributed by atoms with Crippen LogP contribution in [0.5, 0.6) is 0 Å². The lowest BCUT2D eigenvalue weighted by Crippen LogP contribution is -2.20. The highest BCUT2D eigenvalue weighted by Gasteiger charge is 2.23. The summed E-state index contributed by atoms with van der Waals surface area (Å²) in [4.78, 5) is 21.6. The average molecular weight is 274 g/mol. The molecule has 6 heteroatoms. The molecule has 1 saturated heterocycles. The minimum absolute atomic E-state index is 0.275. The standard InChI is InChI=1S/C14H18N4O2/c19-13(20)3-2-11-4-7-17(8-11)9-12-10-18-6-1-5-15-14(18)16-12/h1,5-6,10-11H,2-4,7-9H2,(H,19,20). The largest absolute Gasteiger partial charge is 0.481 e. The lowest BCUT2D eigenvalue weighted by atomic mass is 10.0. The zero-order valence-corrected chi connectivity index (χ0v) is 11.3. The summed E-state index contributed by atoms with van der Waals surface area (Å²) in [7, 11) is 0. The van der Waals surface area contributed by atoms with Crippen molar-refractivity contribution in [3.05, 3.63) is 30.4 Å². The summed E-state index contributed by atoms with van der Waals surface area (Å²) in [6.45, 7) is 2.80. The Morgan fingerprint density at radius 3 is 3.20 bits per heavy atom. The second kappa shape index (κ2) is 5.58. The van der Waals surface area contributed by atoms with E-state index in [9.17, 15) is 4.79 Å². The van der Waals surface area contributed by atoms with Crippen molar-refractivity contribution in [2.24, 2.45) is 5.92 Å². The van der Waals surface area contributed by atoms with E-state index in [1.54, 1.807) is 6.20 Å². The summed E-state index contributed by atoms with van der Waals surface area (Å²) in [5, 5.41) is 8.72. The van der Waals surface area contributed by atoms with Crippen LogP contribution in [0.4, 0.5) is 0 Å². The molecule has 1 aliphatic heterocycles. The number of hydrogen-bond donors (Lipinski definition) is 1. The predicted octanol–water partition coefficient (Wildman–Crippen LogP) is 1.42. The summed E-state index contributed by atoms with van der Waals surface area (Å²) < 4.78 is 1.92. The Balaban J connectivity index is 1.57. The number of likely N-dealkylation sites (tertiary alicyclic amines) is 1. The molecule has 3 rings (SSSR count). The van der Waals surface area contributed by atoms with Gasteiger partial charge in [-0.1, -0.05) is 0 Å². The normalized spacial score (nSPS) is 19.7. The number of aromatic nitrogens is 3. The third kappa shape index (κ3) is 2.96. The molecular formula is C14H18N4O2. The third-order valence-corrected chi connectivity index (χ3v) is 3.81. The fourth-order valence-electron chi connectivity index (χ4n) is 2.80. The van der Waals surface area contributed by atoms with Gasteiger partial charge in [-0.2, -0.15) is 0 Å². The van der Waals surface area contributed by atoms with Crippen LogP contribution in [0.3, 0.4) is 0 Å². The van der Waals surface area contributed by atoms with Crippen LogP contribution in [0.15, 0.2) is 24.7 Å². The predicted molar refractivity (Wildman–Crippen MR) is 73.2 cm³/mol. The van der Waals surface area contributed by atoms with Gasteiger partial charge in [0.05, 0.1) is 5.69 Å². The highest BCUT2D eigenvalue weighted by molar-refractivity contribution is 5.66. The van der Waals surface area contributed by atoms with Crippen LogP contribution >= 0.6 is 0 Å². The molecule has 2 aromatic rings. The number of carboxylic acids is 1. The molecule has 0 aliphatic carbocycles. The van der Waals surface area contributed by atoms with Gasteiger partial charge in [-0.15, -0.1) is 0 Å². The van der Waals surface area contributed by atoms with Crippen molar-refractivity contribution in [3.63, 3.8) is 0 Å². The van der Waals surface area contributed by atoms with E-state index in [0.29, 0.717) is 5.92 Å². The SMILES string of the molecule is O=C(O)CCC1CCN(Cc2cn3cccnc3n2)C1. The Hall–Kier alpha value is -1.95. The van der Waals surface area contributed by atoms with Crippen molar-refractivity contribution in [2.45, 2.75) is 25.8 Å². The number of carboxylic acid groups (broad SMARTS) is 1. The quantitative estimate of drug-likeness (QED) is 0.892. The van der Waals surface area contributed by atoms with Gasteiger partial charge in [-0.05, 0) is 31.4 Å². The van der Waals surface area contributed by atoms with Crippen molar-refractivity contribution in [1.82, 2.24) is 19.3 Å². The molecule has 0 aromatic carbocycles. The third-order valence-electron chi connectivity index (χ3n) is 3.81. The van der Waals surface area contributed by atoms with E-state index < -0.39 is 5.97 Å². The van der Waals surface area contributed by atoms with Gasteiger partial charge in [0, 0.05) is 38.1 Å². The van der Waals surface area contributed by atoms with E-state index in [1.165, 1.54) is 0 Å². The monoisotopic (exact) mass is 274 g/mol. The molecule has 0 bridgehead atoms. The van der Waals surface area contributed by atoms with Crippen LogP contribution in [0.2, 0.25) is 0 Å². The molecule has 1 unspecified atom stereocenters. The van der Waals surface area contributed by atoms with Gasteiger partial charge < -0.3 is 5.11 Å². The second-order valence-corrected chi connectivity index (χ2v) is 5.38. The number of rotatable bonds is 5. The van der Waals surface area contributed by atoms with E-state index in [0.717, 1.165) is 43.9 Å². The maximum Gasteiger partial charge on any atom is 0.303 e. The van der Waals surface area contributed by atoms with Crippen LogP contribution in [-0.4, -0.2) is 43.4 Å². The van der Waals surface area contributed by atoms with Crippen LogP contribution in [-0.2, 0) is 11.3 Å². The first-order valence-electron chi connectivity index (χ1n) is 6.93. The van der Waals surface area contributed by atoms with Crippen molar-refractivity contribution in [2.75, 3.05) is 13.1 Å². The smallest absolute Gasteiger partial charge is 0.303 e. The second-order valence-electron chi connectivity index (χ2n) is 5.38. The van der Waals surface area contributed by atoms with Crippen molar-refractivity contribution in [1.29, 1.82) is 0 Å². The maximum absolute atomic E-state index is 10.6. The molecule has 106 valence electrons. The summed E-state index contributed by atoms with van der Waals surface area (Å²) in [5.74, 6) is 0.528. The summed E-state index contributed by atoms with van der Waals surface area (Å²) >= 11 is 0. The minimum atomic E-state index is -0.699. The molecule has 20 heavy (non-hydrogen) atoms.